The Morgan fingerprint density at radius 1 is 1.05 bits per heavy atom. The third-order valence-electron chi connectivity index (χ3n) is 5.56. The number of hydrogen-bond donors (Lipinski definition) is 4. The number of phenols is 2. The summed E-state index contributed by atoms with van der Waals surface area (Å²) in [7, 11) is 1.76. The van der Waals surface area contributed by atoms with E-state index < -0.39 is 0 Å². The minimum Gasteiger partial charge on any atom is -0.508 e. The van der Waals surface area contributed by atoms with Crippen molar-refractivity contribution in [2.24, 2.45) is 0 Å². The fraction of sp³-hybridized carbons (Fsp3) is 0.500. The fourth-order valence-electron chi connectivity index (χ4n) is 3.75. The Kier molecular flexibility index (Phi) is 16.1. The number of H-pyrrole nitrogens is 2. The molecule has 1 aromatic carbocycles. The lowest BCUT2D eigenvalue weighted by atomic mass is 9.98. The van der Waals surface area contributed by atoms with Crippen LogP contribution in [0.3, 0.4) is 0 Å². The molecule has 0 aliphatic carbocycles. The summed E-state index contributed by atoms with van der Waals surface area (Å²) >= 11 is 4.97. The van der Waals surface area contributed by atoms with Crippen LogP contribution in [0.1, 0.15) is 79.7 Å². The van der Waals surface area contributed by atoms with Crippen LogP contribution in [0.5, 0.6) is 11.5 Å². The van der Waals surface area contributed by atoms with Crippen LogP contribution in [0.4, 0.5) is 0 Å². The van der Waals surface area contributed by atoms with Crippen molar-refractivity contribution in [2.75, 3.05) is 20.3 Å². The third kappa shape index (κ3) is 11.3. The number of methoxy groups -OCH3 is 1. The van der Waals surface area contributed by atoms with Crippen LogP contribution < -0.4 is 0 Å². The van der Waals surface area contributed by atoms with Gasteiger partial charge in [0.2, 0.25) is 0 Å². The Morgan fingerprint density at radius 3 is 2.11 bits per heavy atom. The Labute approximate surface area is 229 Å². The molecule has 2 rings (SSSR count). The number of unbranched alkanes of at least 4 members (excludes halogenated alkanes) is 1. The maximum absolute atomic E-state index is 9.83. The summed E-state index contributed by atoms with van der Waals surface area (Å²) in [5.74, 6) is 0.309. The Bertz CT molecular complexity index is 1090. The Hall–Kier alpha value is -2.95. The molecule has 37 heavy (non-hydrogen) atoms. The van der Waals surface area contributed by atoms with Crippen molar-refractivity contribution in [1.82, 2.24) is 15.1 Å². The first-order valence-corrected chi connectivity index (χ1v) is 13.1. The zero-order valence-electron chi connectivity index (χ0n) is 24.1. The monoisotopic (exact) mass is 529 g/mol. The molecule has 1 heterocycles. The average Bonchev–Trinajstić information content (AvgIpc) is 3.25. The summed E-state index contributed by atoms with van der Waals surface area (Å²) in [5, 5.41) is 25.2. The predicted molar refractivity (Wildman–Crippen MR) is 159 cm³/mol. The maximum atomic E-state index is 9.83. The van der Waals surface area contributed by atoms with E-state index in [-0.39, 0.29) is 17.4 Å². The van der Waals surface area contributed by atoms with Crippen molar-refractivity contribution in [1.29, 1.82) is 0 Å². The molecule has 2 aromatic rings. The van der Waals surface area contributed by atoms with E-state index in [1.54, 1.807) is 19.2 Å². The lowest BCUT2D eigenvalue weighted by Gasteiger charge is -2.32. The molecule has 0 aliphatic heterocycles. The number of ether oxygens (including phenoxy) is 1. The lowest BCUT2D eigenvalue weighted by molar-refractivity contribution is 0.217. The third-order valence-corrected chi connectivity index (χ3v) is 5.78. The van der Waals surface area contributed by atoms with Gasteiger partial charge in [-0.1, -0.05) is 45.0 Å². The van der Waals surface area contributed by atoms with Crippen molar-refractivity contribution in [2.45, 2.75) is 80.2 Å². The molecule has 4 N–H and O–H groups in total. The number of terminal acetylenes is 1. The average molecular weight is 530 g/mol. The number of phenolic OH excluding ortho intramolecular Hbond substituents is 2. The van der Waals surface area contributed by atoms with Crippen LogP contribution in [0.2, 0.25) is 0 Å². The van der Waals surface area contributed by atoms with E-state index in [4.69, 9.17) is 17.0 Å². The number of aromatic hydroxyl groups is 2. The smallest absolute Gasteiger partial charge is 0.128 e. The molecular formula is C30H47N3O3S. The second-order valence-electron chi connectivity index (χ2n) is 9.72. The van der Waals surface area contributed by atoms with Crippen molar-refractivity contribution >= 4 is 12.2 Å². The first kappa shape index (κ1) is 34.0. The Morgan fingerprint density at radius 2 is 1.68 bits per heavy atom. The van der Waals surface area contributed by atoms with Crippen LogP contribution in [0.15, 0.2) is 41.1 Å². The van der Waals surface area contributed by atoms with Gasteiger partial charge >= 0.3 is 0 Å². The summed E-state index contributed by atoms with van der Waals surface area (Å²) in [6.45, 7) is 19.0. The van der Waals surface area contributed by atoms with Crippen LogP contribution in [-0.4, -0.2) is 51.6 Å². The highest BCUT2D eigenvalue weighted by Gasteiger charge is 2.14. The molecule has 0 amide bonds. The normalized spacial score (nSPS) is 11.2. The lowest BCUT2D eigenvalue weighted by Crippen LogP contribution is -2.31. The molecule has 206 valence electrons. The Balaban J connectivity index is 0.000000656. The molecule has 0 bridgehead atoms. The minimum absolute atomic E-state index is 0.0251. The molecule has 0 saturated carbocycles. The van der Waals surface area contributed by atoms with E-state index in [1.807, 2.05) is 13.8 Å². The van der Waals surface area contributed by atoms with Crippen molar-refractivity contribution in [3.05, 3.63) is 51.3 Å². The molecule has 0 unspecified atom stereocenters. The molecule has 0 atom stereocenters. The van der Waals surface area contributed by atoms with Crippen molar-refractivity contribution < 1.29 is 14.9 Å². The summed E-state index contributed by atoms with van der Waals surface area (Å²) in [5.41, 5.74) is 6.10. The largest absolute Gasteiger partial charge is 0.508 e. The second kappa shape index (κ2) is 17.5. The van der Waals surface area contributed by atoms with Crippen molar-refractivity contribution in [3.8, 4) is 35.6 Å². The number of aromatic nitrogens is 2. The number of allylic oxidation sites excluding steroid dienone is 2. The van der Waals surface area contributed by atoms with Gasteiger partial charge in [0.15, 0.2) is 0 Å². The minimum atomic E-state index is 0.0251. The fourth-order valence-corrected chi connectivity index (χ4v) is 3.92. The standard InChI is InChI=1S/C16H31NO.C12H14N2O2S.C2H2/c1-8-9-10-17(14(4)5)16(11-13(2)3)15(6)12-18-7;1-6(2)7-3-8(11(16)5-10(7)15)9-4-12(17)14-13-9;1-2/h11,14H,8-10,12H2,1-7H3;3-6,15-16H,1-2H3,(H2,13,14,17);1-2H/b16-15-;;. The molecule has 0 fully saturated rings. The van der Waals surface area contributed by atoms with Gasteiger partial charge in [-0.05, 0) is 76.3 Å². The van der Waals surface area contributed by atoms with E-state index in [2.05, 4.69) is 75.6 Å². The van der Waals surface area contributed by atoms with Gasteiger partial charge in [0.1, 0.15) is 16.1 Å². The van der Waals surface area contributed by atoms with Gasteiger partial charge in [0, 0.05) is 37.0 Å². The van der Waals surface area contributed by atoms with E-state index in [0.717, 1.165) is 12.1 Å². The summed E-state index contributed by atoms with van der Waals surface area (Å²) in [6, 6.07) is 5.37. The molecule has 1 aromatic heterocycles. The molecule has 7 heteroatoms. The van der Waals surface area contributed by atoms with Crippen molar-refractivity contribution in [3.63, 3.8) is 0 Å². The number of nitrogens with zero attached hydrogens (tertiary/aromatic N) is 1. The molecule has 0 aliphatic rings. The maximum Gasteiger partial charge on any atom is 0.128 e. The van der Waals surface area contributed by atoms with Crippen LogP contribution in [0, 0.1) is 17.5 Å². The van der Waals surface area contributed by atoms with Crippen LogP contribution in [0.25, 0.3) is 11.3 Å². The number of nitrogens with one attached hydrogen (secondary N) is 2. The van der Waals surface area contributed by atoms with E-state index in [9.17, 15) is 10.2 Å². The molecule has 0 saturated heterocycles. The molecule has 0 spiro atoms. The highest BCUT2D eigenvalue weighted by molar-refractivity contribution is 7.71. The molecule has 0 radical (unpaired) electrons. The molecule has 6 nitrogen and oxygen atoms in total. The number of aromatic amines is 2. The second-order valence-corrected chi connectivity index (χ2v) is 10.2. The summed E-state index contributed by atoms with van der Waals surface area (Å²) < 4.78 is 5.85. The predicted octanol–water partition coefficient (Wildman–Crippen LogP) is 7.91. The van der Waals surface area contributed by atoms with Crippen LogP contribution >= 0.6 is 12.2 Å². The van der Waals surface area contributed by atoms with Gasteiger partial charge in [-0.15, -0.1) is 12.8 Å². The quantitative estimate of drug-likeness (QED) is 0.143. The topological polar surface area (TPSA) is 84.5 Å². The number of rotatable bonds is 10. The molecular weight excluding hydrogens is 482 g/mol. The van der Waals surface area contributed by atoms with Crippen LogP contribution in [-0.2, 0) is 4.74 Å². The summed E-state index contributed by atoms with van der Waals surface area (Å²) in [6.07, 6.45) is 12.7. The van der Waals surface area contributed by atoms with E-state index in [1.165, 1.54) is 35.8 Å². The SMILES string of the molecule is C#C.CC(C)c1cc(-c2cc(=S)[nH][nH]2)c(O)cc1O.CCCCN(/C(C=C(C)C)=C(/C)COC)C(C)C. The van der Waals surface area contributed by atoms with E-state index in [0.29, 0.717) is 28.5 Å². The van der Waals surface area contributed by atoms with Gasteiger partial charge in [-0.2, -0.15) is 0 Å². The highest BCUT2D eigenvalue weighted by atomic mass is 32.1. The van der Waals surface area contributed by atoms with Gasteiger partial charge in [0.25, 0.3) is 0 Å². The van der Waals surface area contributed by atoms with Gasteiger partial charge in [-0.3, -0.25) is 10.2 Å². The zero-order valence-corrected chi connectivity index (χ0v) is 24.9. The highest BCUT2D eigenvalue weighted by Crippen LogP contribution is 2.36. The first-order chi connectivity index (χ1) is 17.4. The number of benzene rings is 1. The number of hydrogen-bond acceptors (Lipinski definition) is 5. The van der Waals surface area contributed by atoms with Gasteiger partial charge < -0.3 is 19.8 Å². The van der Waals surface area contributed by atoms with E-state index >= 15 is 0 Å². The first-order valence-electron chi connectivity index (χ1n) is 12.7. The zero-order chi connectivity index (χ0) is 28.7. The van der Waals surface area contributed by atoms with Gasteiger partial charge in [-0.25, -0.2) is 0 Å². The summed E-state index contributed by atoms with van der Waals surface area (Å²) in [4.78, 5) is 2.49. The van der Waals surface area contributed by atoms with Gasteiger partial charge in [0.05, 0.1) is 12.3 Å².